The fourth-order valence-electron chi connectivity index (χ4n) is 2.01. The second-order valence-corrected chi connectivity index (χ2v) is 4.82. The quantitative estimate of drug-likeness (QED) is 0.681. The lowest BCUT2D eigenvalue weighted by Gasteiger charge is -2.28. The van der Waals surface area contributed by atoms with Gasteiger partial charge in [0.2, 0.25) is 5.91 Å². The Morgan fingerprint density at radius 3 is 2.50 bits per heavy atom. The van der Waals surface area contributed by atoms with Gasteiger partial charge >= 0.3 is 5.97 Å². The second kappa shape index (κ2) is 4.05. The van der Waals surface area contributed by atoms with Crippen LogP contribution < -0.4 is 5.32 Å². The number of aliphatic carboxylic acids is 1. The first-order chi connectivity index (χ1) is 7.55. The molecule has 0 aromatic rings. The standard InChI is InChI=1S/C11H17NO4/c1-11(10(14)15,7-4-5-16-6-7)9(13)12-8-2-3-8/h7-8H,2-6H2,1H3,(H,12,13)(H,14,15). The Morgan fingerprint density at radius 2 is 2.06 bits per heavy atom. The number of hydrogen-bond acceptors (Lipinski definition) is 3. The topological polar surface area (TPSA) is 75.6 Å². The summed E-state index contributed by atoms with van der Waals surface area (Å²) >= 11 is 0. The number of ether oxygens (including phenoxy) is 1. The highest BCUT2D eigenvalue weighted by Crippen LogP contribution is 2.35. The summed E-state index contributed by atoms with van der Waals surface area (Å²) in [5.41, 5.74) is -1.35. The monoisotopic (exact) mass is 227 g/mol. The summed E-state index contributed by atoms with van der Waals surface area (Å²) in [5.74, 6) is -1.64. The Balaban J connectivity index is 2.12. The molecule has 1 heterocycles. The fourth-order valence-corrected chi connectivity index (χ4v) is 2.01. The SMILES string of the molecule is CC(C(=O)O)(C(=O)NC1CC1)C1CCOC1. The maximum atomic E-state index is 12.0. The second-order valence-electron chi connectivity index (χ2n) is 4.82. The van der Waals surface area contributed by atoms with Crippen molar-refractivity contribution in [2.45, 2.75) is 32.2 Å². The van der Waals surface area contributed by atoms with Crippen LogP contribution in [0.3, 0.4) is 0 Å². The van der Waals surface area contributed by atoms with Crippen LogP contribution in [0.4, 0.5) is 0 Å². The van der Waals surface area contributed by atoms with E-state index < -0.39 is 11.4 Å². The van der Waals surface area contributed by atoms with Gasteiger partial charge < -0.3 is 15.2 Å². The van der Waals surface area contributed by atoms with Crippen molar-refractivity contribution in [2.75, 3.05) is 13.2 Å². The summed E-state index contributed by atoms with van der Waals surface area (Å²) in [6.07, 6.45) is 2.56. The van der Waals surface area contributed by atoms with E-state index >= 15 is 0 Å². The van der Waals surface area contributed by atoms with Crippen LogP contribution in [0, 0.1) is 11.3 Å². The normalized spacial score (nSPS) is 28.4. The van der Waals surface area contributed by atoms with Crippen molar-refractivity contribution in [1.29, 1.82) is 0 Å². The van der Waals surface area contributed by atoms with E-state index in [2.05, 4.69) is 5.32 Å². The van der Waals surface area contributed by atoms with Crippen LogP contribution in [-0.2, 0) is 14.3 Å². The Labute approximate surface area is 94.2 Å². The zero-order valence-electron chi connectivity index (χ0n) is 9.36. The number of carboxylic acid groups (broad SMARTS) is 1. The van der Waals surface area contributed by atoms with Crippen molar-refractivity contribution in [3.8, 4) is 0 Å². The largest absolute Gasteiger partial charge is 0.480 e. The first-order valence-electron chi connectivity index (χ1n) is 5.67. The van der Waals surface area contributed by atoms with E-state index in [0.29, 0.717) is 19.6 Å². The lowest BCUT2D eigenvalue weighted by Crippen LogP contribution is -2.50. The Bertz CT molecular complexity index is 307. The molecule has 2 N–H and O–H groups in total. The van der Waals surface area contributed by atoms with Crippen LogP contribution in [-0.4, -0.2) is 36.2 Å². The van der Waals surface area contributed by atoms with Crippen molar-refractivity contribution in [1.82, 2.24) is 5.32 Å². The molecule has 0 bridgehead atoms. The van der Waals surface area contributed by atoms with E-state index in [9.17, 15) is 14.7 Å². The number of carbonyl (C=O) groups is 2. The average Bonchev–Trinajstić information content (AvgIpc) is 2.88. The van der Waals surface area contributed by atoms with Crippen molar-refractivity contribution >= 4 is 11.9 Å². The van der Waals surface area contributed by atoms with Gasteiger partial charge in [0, 0.05) is 18.6 Å². The van der Waals surface area contributed by atoms with Gasteiger partial charge in [0.05, 0.1) is 6.61 Å². The minimum atomic E-state index is -1.35. The summed E-state index contributed by atoms with van der Waals surface area (Å²) in [5, 5.41) is 12.1. The highest BCUT2D eigenvalue weighted by Gasteiger charge is 2.50. The predicted molar refractivity (Wildman–Crippen MR) is 55.8 cm³/mol. The highest BCUT2D eigenvalue weighted by atomic mass is 16.5. The van der Waals surface area contributed by atoms with Gasteiger partial charge in [-0.1, -0.05) is 0 Å². The molecule has 2 unspecified atom stereocenters. The number of hydrogen-bond donors (Lipinski definition) is 2. The molecule has 2 atom stereocenters. The Kier molecular flexibility index (Phi) is 2.88. The van der Waals surface area contributed by atoms with E-state index in [-0.39, 0.29) is 17.9 Å². The molecule has 0 aromatic heterocycles. The van der Waals surface area contributed by atoms with E-state index in [1.54, 1.807) is 0 Å². The van der Waals surface area contributed by atoms with Gasteiger partial charge in [-0.25, -0.2) is 0 Å². The van der Waals surface area contributed by atoms with Gasteiger partial charge in [-0.2, -0.15) is 0 Å². The zero-order valence-corrected chi connectivity index (χ0v) is 9.36. The van der Waals surface area contributed by atoms with Crippen molar-refractivity contribution in [3.05, 3.63) is 0 Å². The number of amides is 1. The van der Waals surface area contributed by atoms with Gasteiger partial charge in [0.15, 0.2) is 0 Å². The minimum Gasteiger partial charge on any atom is -0.480 e. The van der Waals surface area contributed by atoms with Gasteiger partial charge in [-0.15, -0.1) is 0 Å². The molecule has 1 saturated carbocycles. The maximum absolute atomic E-state index is 12.0. The first-order valence-corrected chi connectivity index (χ1v) is 5.67. The molecule has 1 saturated heterocycles. The lowest BCUT2D eigenvalue weighted by molar-refractivity contribution is -0.158. The van der Waals surface area contributed by atoms with Gasteiger partial charge in [-0.3, -0.25) is 9.59 Å². The van der Waals surface area contributed by atoms with Crippen LogP contribution in [0.1, 0.15) is 26.2 Å². The maximum Gasteiger partial charge on any atom is 0.319 e. The molecule has 2 rings (SSSR count). The van der Waals surface area contributed by atoms with Crippen molar-refractivity contribution < 1.29 is 19.4 Å². The summed E-state index contributed by atoms with van der Waals surface area (Å²) in [7, 11) is 0. The molecule has 90 valence electrons. The van der Waals surface area contributed by atoms with Gasteiger partial charge in [-0.05, 0) is 26.2 Å². The molecule has 1 aliphatic heterocycles. The molecule has 2 aliphatic rings. The third-order valence-corrected chi connectivity index (χ3v) is 3.57. The molecule has 2 fully saturated rings. The van der Waals surface area contributed by atoms with E-state index in [0.717, 1.165) is 12.8 Å². The molecule has 0 aromatic carbocycles. The summed E-state index contributed by atoms with van der Waals surface area (Å²) < 4.78 is 5.18. The average molecular weight is 227 g/mol. The third-order valence-electron chi connectivity index (χ3n) is 3.57. The van der Waals surface area contributed by atoms with Crippen LogP contribution in [0.25, 0.3) is 0 Å². The molecular weight excluding hydrogens is 210 g/mol. The molecule has 0 radical (unpaired) electrons. The number of carbonyl (C=O) groups excluding carboxylic acids is 1. The van der Waals surface area contributed by atoms with Gasteiger partial charge in [0.25, 0.3) is 0 Å². The molecular formula is C11H17NO4. The van der Waals surface area contributed by atoms with E-state index in [1.807, 2.05) is 0 Å². The summed E-state index contributed by atoms with van der Waals surface area (Å²) in [6, 6.07) is 0.188. The van der Waals surface area contributed by atoms with Gasteiger partial charge in [0.1, 0.15) is 5.41 Å². The van der Waals surface area contributed by atoms with E-state index in [1.165, 1.54) is 6.92 Å². The molecule has 5 heteroatoms. The third kappa shape index (κ3) is 1.91. The molecule has 1 aliphatic carbocycles. The zero-order chi connectivity index (χ0) is 11.8. The van der Waals surface area contributed by atoms with Crippen molar-refractivity contribution in [2.24, 2.45) is 11.3 Å². The predicted octanol–water partition coefficient (Wildman–Crippen LogP) is 0.392. The summed E-state index contributed by atoms with van der Waals surface area (Å²) in [6.45, 7) is 2.41. The van der Waals surface area contributed by atoms with Crippen LogP contribution >= 0.6 is 0 Å². The first kappa shape index (κ1) is 11.4. The van der Waals surface area contributed by atoms with E-state index in [4.69, 9.17) is 4.74 Å². The smallest absolute Gasteiger partial charge is 0.319 e. The van der Waals surface area contributed by atoms with Crippen LogP contribution in [0.5, 0.6) is 0 Å². The molecule has 16 heavy (non-hydrogen) atoms. The molecule has 1 amide bonds. The molecule has 0 spiro atoms. The highest BCUT2D eigenvalue weighted by molar-refractivity contribution is 6.02. The summed E-state index contributed by atoms with van der Waals surface area (Å²) in [4.78, 5) is 23.3. The molecule has 5 nitrogen and oxygen atoms in total. The Morgan fingerprint density at radius 1 is 1.38 bits per heavy atom. The minimum absolute atomic E-state index is 0.188. The van der Waals surface area contributed by atoms with Crippen molar-refractivity contribution in [3.63, 3.8) is 0 Å². The number of rotatable bonds is 4. The number of nitrogens with one attached hydrogen (secondary N) is 1. The lowest BCUT2D eigenvalue weighted by atomic mass is 9.75. The number of carboxylic acids is 1. The Hall–Kier alpha value is -1.10. The van der Waals surface area contributed by atoms with Crippen LogP contribution in [0.15, 0.2) is 0 Å². The van der Waals surface area contributed by atoms with Crippen LogP contribution in [0.2, 0.25) is 0 Å². The fraction of sp³-hybridized carbons (Fsp3) is 0.818.